The Hall–Kier alpha value is -7.01. The Kier molecular flexibility index (Phi) is 14.5. The van der Waals surface area contributed by atoms with E-state index in [1.807, 2.05) is 71.2 Å². The number of aryl methyl sites for hydroxylation is 2. The summed E-state index contributed by atoms with van der Waals surface area (Å²) in [5.41, 5.74) is 8.62. The van der Waals surface area contributed by atoms with Gasteiger partial charge in [0.25, 0.3) is 5.91 Å². The van der Waals surface area contributed by atoms with Crippen LogP contribution in [-0.2, 0) is 48.9 Å². The van der Waals surface area contributed by atoms with Crippen molar-refractivity contribution in [1.82, 2.24) is 34.9 Å². The van der Waals surface area contributed by atoms with Gasteiger partial charge < -0.3 is 24.5 Å². The van der Waals surface area contributed by atoms with Crippen molar-refractivity contribution >= 4 is 67.1 Å². The molecule has 11 rings (SSSR count). The molecule has 0 spiro atoms. The Bertz CT molecular complexity index is 3180. The van der Waals surface area contributed by atoms with E-state index in [0.29, 0.717) is 85.7 Å². The lowest BCUT2D eigenvalue weighted by Crippen LogP contribution is -2.39. The molecule has 15 nitrogen and oxygen atoms in total. The molecule has 3 fully saturated rings. The smallest absolute Gasteiger partial charge is 0.354 e. The molecule has 4 aliphatic rings. The Balaban J connectivity index is 0.602. The summed E-state index contributed by atoms with van der Waals surface area (Å²) in [6, 6.07) is 32.2. The number of hydrogen-bond donors (Lipinski definition) is 3. The monoisotopic (exact) mass is 1010 g/mol. The first kappa shape index (κ1) is 49.2. The van der Waals surface area contributed by atoms with Crippen molar-refractivity contribution in [3.8, 4) is 5.75 Å². The average Bonchev–Trinajstić information content (AvgIpc) is 4.14. The van der Waals surface area contributed by atoms with E-state index in [4.69, 9.17) is 9.84 Å². The molecule has 74 heavy (non-hydrogen) atoms. The van der Waals surface area contributed by atoms with E-state index in [0.717, 1.165) is 95.8 Å². The lowest BCUT2D eigenvalue weighted by Gasteiger charge is -2.33. The van der Waals surface area contributed by atoms with Crippen LogP contribution in [0.15, 0.2) is 97.1 Å². The van der Waals surface area contributed by atoms with Gasteiger partial charge in [0.2, 0.25) is 11.8 Å². The minimum absolute atomic E-state index is 0.0449. The number of rotatable bonds is 17. The molecule has 7 heterocycles. The number of carboxylic acid groups (broad SMARTS) is 1. The molecule has 16 heteroatoms. The van der Waals surface area contributed by atoms with Gasteiger partial charge in [0.1, 0.15) is 11.6 Å². The number of benzene rings is 4. The zero-order valence-corrected chi connectivity index (χ0v) is 42.7. The molecule has 3 amide bonds. The lowest BCUT2D eigenvalue weighted by atomic mass is 9.90. The number of thiazole rings is 1. The molecule has 3 N–H and O–H groups in total. The maximum absolute atomic E-state index is 13.6. The highest BCUT2D eigenvalue weighted by Gasteiger charge is 2.33. The van der Waals surface area contributed by atoms with E-state index in [2.05, 4.69) is 72.9 Å². The van der Waals surface area contributed by atoms with Crippen LogP contribution in [0.25, 0.3) is 21.1 Å². The molecule has 2 atom stereocenters. The average molecular weight is 1010 g/mol. The van der Waals surface area contributed by atoms with Gasteiger partial charge in [-0.3, -0.25) is 29.7 Å². The summed E-state index contributed by atoms with van der Waals surface area (Å²) in [4.78, 5) is 67.1. The molecule has 3 aromatic heterocycles. The summed E-state index contributed by atoms with van der Waals surface area (Å²) in [6.45, 7) is 8.21. The molecule has 382 valence electrons. The van der Waals surface area contributed by atoms with Crippen molar-refractivity contribution in [2.24, 2.45) is 18.9 Å². The first-order chi connectivity index (χ1) is 36.1. The van der Waals surface area contributed by atoms with E-state index in [9.17, 15) is 24.3 Å². The van der Waals surface area contributed by atoms with Crippen LogP contribution in [0.4, 0.5) is 10.9 Å². The molecule has 2 unspecified atom stereocenters. The number of hydrogen-bond acceptors (Lipinski definition) is 12. The van der Waals surface area contributed by atoms with Crippen molar-refractivity contribution in [1.29, 1.82) is 0 Å². The number of anilines is 2. The van der Waals surface area contributed by atoms with E-state index >= 15 is 0 Å². The topological polar surface area (TPSA) is 175 Å². The Morgan fingerprint density at radius 3 is 2.43 bits per heavy atom. The second-order valence-corrected chi connectivity index (χ2v) is 21.6. The number of carbonyl (C=O) groups is 4. The van der Waals surface area contributed by atoms with Crippen LogP contribution in [-0.4, -0.2) is 111 Å². The summed E-state index contributed by atoms with van der Waals surface area (Å²) in [5.74, 6) is 0.500. The third-order valence-electron chi connectivity index (χ3n) is 15.7. The predicted molar refractivity (Wildman–Crippen MR) is 287 cm³/mol. The summed E-state index contributed by atoms with van der Waals surface area (Å²) in [6.07, 6.45) is 8.33. The second kappa shape index (κ2) is 21.8. The van der Waals surface area contributed by atoms with Crippen LogP contribution in [0.5, 0.6) is 5.75 Å². The van der Waals surface area contributed by atoms with Crippen molar-refractivity contribution in [3.05, 3.63) is 142 Å². The summed E-state index contributed by atoms with van der Waals surface area (Å²) in [7, 11) is 1.96. The number of aromatic carboxylic acids is 1. The van der Waals surface area contributed by atoms with Gasteiger partial charge in [-0.2, -0.15) is 5.10 Å². The van der Waals surface area contributed by atoms with Crippen LogP contribution < -0.4 is 20.3 Å². The molecule has 3 saturated heterocycles. The van der Waals surface area contributed by atoms with E-state index in [1.54, 1.807) is 0 Å². The van der Waals surface area contributed by atoms with E-state index < -0.39 is 11.9 Å². The van der Waals surface area contributed by atoms with Crippen molar-refractivity contribution in [2.45, 2.75) is 76.7 Å². The minimum Gasteiger partial charge on any atom is -0.494 e. The largest absolute Gasteiger partial charge is 0.494 e. The fourth-order valence-electron chi connectivity index (χ4n) is 11.7. The SMILES string of the molecule is Cn1nc(C2CCC(=O)NC2=O)c2cccc(CC3CCN(CCN4CCC(Cc5ccc(OCCCc6ccc(N7CCc8cccc(C(=O)Nc9nc%10ccccc%10s9)c8C7)nc6C(=O)O)cc5)CC4)C3)c21. The molecule has 0 bridgehead atoms. The molecule has 7 aromatic rings. The number of aromatic nitrogens is 4. The third kappa shape index (κ3) is 10.9. The lowest BCUT2D eigenvalue weighted by molar-refractivity contribution is -0.134. The van der Waals surface area contributed by atoms with Gasteiger partial charge >= 0.3 is 5.97 Å². The Labute approximate surface area is 434 Å². The van der Waals surface area contributed by atoms with Crippen molar-refractivity contribution in [2.75, 3.05) is 62.6 Å². The number of para-hydroxylation sites is 2. The maximum atomic E-state index is 13.6. The number of carbonyl (C=O) groups excluding carboxylic acids is 3. The highest BCUT2D eigenvalue weighted by atomic mass is 32.1. The van der Waals surface area contributed by atoms with Crippen LogP contribution in [0.1, 0.15) is 98.8 Å². The van der Waals surface area contributed by atoms with Crippen molar-refractivity contribution < 1.29 is 29.0 Å². The number of nitrogens with one attached hydrogen (secondary N) is 2. The molecular weight excluding hydrogens is 951 g/mol. The van der Waals surface area contributed by atoms with Gasteiger partial charge in [0, 0.05) is 57.1 Å². The summed E-state index contributed by atoms with van der Waals surface area (Å²) in [5, 5.41) is 22.1. The first-order valence-electron chi connectivity index (χ1n) is 26.3. The van der Waals surface area contributed by atoms with E-state index in [-0.39, 0.29) is 23.4 Å². The van der Waals surface area contributed by atoms with Gasteiger partial charge in [-0.05, 0) is 153 Å². The van der Waals surface area contributed by atoms with Gasteiger partial charge in [0.15, 0.2) is 10.8 Å². The summed E-state index contributed by atoms with van der Waals surface area (Å²) >= 11 is 1.44. The summed E-state index contributed by atoms with van der Waals surface area (Å²) < 4.78 is 9.06. The molecule has 4 aromatic carbocycles. The molecule has 0 aliphatic carbocycles. The standard InChI is InChI=1S/C58H63N9O6S/c1-64-54-42(8-5-11-45(54)53(63-64)46-19-21-51(68)61-56(46)70)34-39-24-28-66(35-39)31-30-65-26-22-38(23-27-65)33-37-14-17-43(18-15-37)73-32-6-9-41-16-20-50(60-52(41)57(71)72)67-29-25-40-7-4-10-44(47(40)36-67)55(69)62-58-59-48-12-2-3-13-49(48)74-58/h2-5,7-8,10-18,20,38-39,46H,6,9,19,21-36H2,1H3,(H,71,72)(H,59,62,69)(H,61,68,70). The van der Waals surface area contributed by atoms with Gasteiger partial charge in [0.05, 0.1) is 34.0 Å². The molecule has 0 saturated carbocycles. The zero-order valence-electron chi connectivity index (χ0n) is 41.9. The fraction of sp³-hybridized carbons (Fsp3) is 0.397. The number of imide groups is 1. The maximum Gasteiger partial charge on any atom is 0.354 e. The number of nitrogens with zero attached hydrogens (tertiary/aromatic N) is 7. The van der Waals surface area contributed by atoms with Crippen molar-refractivity contribution in [3.63, 3.8) is 0 Å². The Morgan fingerprint density at radius 2 is 1.61 bits per heavy atom. The number of amides is 3. The highest BCUT2D eigenvalue weighted by molar-refractivity contribution is 7.22. The van der Waals surface area contributed by atoms with Crippen LogP contribution in [0.2, 0.25) is 0 Å². The number of carboxylic acids is 1. The molecule has 0 radical (unpaired) electrons. The number of piperidine rings is 2. The normalized spacial score (nSPS) is 18.7. The Morgan fingerprint density at radius 1 is 0.811 bits per heavy atom. The first-order valence-corrected chi connectivity index (χ1v) is 27.1. The van der Waals surface area contributed by atoms with Crippen LogP contribution in [0.3, 0.4) is 0 Å². The number of fused-ring (bicyclic) bond motifs is 3. The predicted octanol–water partition coefficient (Wildman–Crippen LogP) is 8.44. The minimum atomic E-state index is -1.06. The van der Waals surface area contributed by atoms with Crippen LogP contribution in [0, 0.1) is 11.8 Å². The quantitative estimate of drug-likeness (QED) is 0.0588. The second-order valence-electron chi connectivity index (χ2n) is 20.6. The third-order valence-corrected chi connectivity index (χ3v) is 16.6. The number of ether oxygens (including phenoxy) is 1. The molecule has 4 aliphatic heterocycles. The van der Waals surface area contributed by atoms with Gasteiger partial charge in [-0.1, -0.05) is 72.0 Å². The van der Waals surface area contributed by atoms with Gasteiger partial charge in [-0.15, -0.1) is 0 Å². The highest BCUT2D eigenvalue weighted by Crippen LogP contribution is 2.35. The number of pyridine rings is 1. The fourth-order valence-corrected chi connectivity index (χ4v) is 12.6. The zero-order chi connectivity index (χ0) is 50.7. The van der Waals surface area contributed by atoms with E-state index in [1.165, 1.54) is 41.7 Å². The number of likely N-dealkylation sites (tertiary alicyclic amines) is 2. The molecular formula is C58H63N9O6S. The van der Waals surface area contributed by atoms with Crippen LogP contribution >= 0.6 is 11.3 Å². The van der Waals surface area contributed by atoms with Gasteiger partial charge in [-0.25, -0.2) is 14.8 Å².